The Morgan fingerprint density at radius 3 is 2.55 bits per heavy atom. The van der Waals surface area contributed by atoms with Crippen molar-refractivity contribution in [3.05, 3.63) is 0 Å². The largest absolute Gasteiger partial charge is 0.329 e. The molecule has 2 saturated carbocycles. The van der Waals surface area contributed by atoms with Crippen molar-refractivity contribution in [1.29, 1.82) is 0 Å². The van der Waals surface area contributed by atoms with Crippen LogP contribution in [-0.4, -0.2) is 12.6 Å². The van der Waals surface area contributed by atoms with Gasteiger partial charge in [0.05, 0.1) is 0 Å². The Balaban J connectivity index is 1.96. The Labute approximate surface area is 68.3 Å². The molecular weight excluding hydrogens is 136 g/mol. The summed E-state index contributed by atoms with van der Waals surface area (Å²) >= 11 is 0. The lowest BCUT2D eigenvalue weighted by Gasteiger charge is -2.26. The number of nitrogens with two attached hydrogens (primary N) is 2. The van der Waals surface area contributed by atoms with E-state index >= 15 is 0 Å². The van der Waals surface area contributed by atoms with Gasteiger partial charge in [-0.1, -0.05) is 6.42 Å². The Morgan fingerprint density at radius 1 is 1.27 bits per heavy atom. The third-order valence-corrected chi connectivity index (χ3v) is 3.61. The Hall–Kier alpha value is -0.0800. The van der Waals surface area contributed by atoms with E-state index in [-0.39, 0.29) is 6.04 Å². The van der Waals surface area contributed by atoms with Crippen LogP contribution in [0.25, 0.3) is 0 Å². The van der Waals surface area contributed by atoms with Crippen molar-refractivity contribution in [2.75, 3.05) is 6.54 Å². The maximum atomic E-state index is 5.94. The maximum Gasteiger partial charge on any atom is 0.0194 e. The van der Waals surface area contributed by atoms with Crippen molar-refractivity contribution < 1.29 is 0 Å². The first kappa shape index (κ1) is 7.56. The van der Waals surface area contributed by atoms with E-state index in [9.17, 15) is 0 Å². The summed E-state index contributed by atoms with van der Waals surface area (Å²) in [5.74, 6) is 2.69. The molecule has 0 aromatic rings. The molecule has 0 aromatic heterocycles. The molecule has 0 radical (unpaired) electrons. The Kier molecular flexibility index (Phi) is 1.90. The van der Waals surface area contributed by atoms with E-state index in [1.807, 2.05) is 0 Å². The lowest BCUT2D eigenvalue weighted by molar-refractivity contribution is 0.285. The number of rotatable bonds is 2. The van der Waals surface area contributed by atoms with Gasteiger partial charge in [-0.25, -0.2) is 0 Å². The van der Waals surface area contributed by atoms with Gasteiger partial charge in [0.15, 0.2) is 0 Å². The molecule has 2 nitrogen and oxygen atoms in total. The first-order chi connectivity index (χ1) is 5.31. The van der Waals surface area contributed by atoms with Crippen molar-refractivity contribution >= 4 is 0 Å². The highest BCUT2D eigenvalue weighted by Gasteiger charge is 2.41. The van der Waals surface area contributed by atoms with Gasteiger partial charge in [-0.05, 0) is 37.0 Å². The van der Waals surface area contributed by atoms with Crippen LogP contribution in [0.15, 0.2) is 0 Å². The predicted molar refractivity (Wildman–Crippen MR) is 46.0 cm³/mol. The molecule has 2 aliphatic rings. The Morgan fingerprint density at radius 2 is 2.09 bits per heavy atom. The second-order valence-electron chi connectivity index (χ2n) is 4.24. The first-order valence-corrected chi connectivity index (χ1v) is 4.77. The second-order valence-corrected chi connectivity index (χ2v) is 4.24. The van der Waals surface area contributed by atoms with Gasteiger partial charge in [0.1, 0.15) is 0 Å². The zero-order valence-electron chi connectivity index (χ0n) is 7.00. The van der Waals surface area contributed by atoms with E-state index in [2.05, 4.69) is 0 Å². The molecule has 4 atom stereocenters. The highest BCUT2D eigenvalue weighted by molar-refractivity contribution is 4.94. The molecule has 0 amide bonds. The van der Waals surface area contributed by atoms with Gasteiger partial charge in [-0.15, -0.1) is 0 Å². The van der Waals surface area contributed by atoms with Crippen LogP contribution in [-0.2, 0) is 0 Å². The second kappa shape index (κ2) is 2.76. The molecular formula is C9H18N2. The Bertz CT molecular complexity index is 146. The molecule has 4 unspecified atom stereocenters. The average molecular weight is 154 g/mol. The zero-order chi connectivity index (χ0) is 7.84. The summed E-state index contributed by atoms with van der Waals surface area (Å²) < 4.78 is 0. The van der Waals surface area contributed by atoms with Crippen LogP contribution in [0.4, 0.5) is 0 Å². The normalized spacial score (nSPS) is 44.7. The maximum absolute atomic E-state index is 5.94. The van der Waals surface area contributed by atoms with Gasteiger partial charge in [0.2, 0.25) is 0 Å². The molecule has 0 saturated heterocycles. The van der Waals surface area contributed by atoms with Gasteiger partial charge >= 0.3 is 0 Å². The fourth-order valence-electron chi connectivity index (χ4n) is 2.99. The molecule has 2 heteroatoms. The van der Waals surface area contributed by atoms with Crippen LogP contribution in [0, 0.1) is 17.8 Å². The van der Waals surface area contributed by atoms with E-state index in [1.54, 1.807) is 0 Å². The quantitative estimate of drug-likeness (QED) is 0.615. The van der Waals surface area contributed by atoms with Gasteiger partial charge in [-0.3, -0.25) is 0 Å². The van der Waals surface area contributed by atoms with Crippen LogP contribution in [0.3, 0.4) is 0 Å². The molecule has 64 valence electrons. The van der Waals surface area contributed by atoms with Crippen LogP contribution < -0.4 is 11.5 Å². The van der Waals surface area contributed by atoms with E-state index < -0.39 is 0 Å². The summed E-state index contributed by atoms with van der Waals surface area (Å²) in [6.45, 7) is 0.674. The van der Waals surface area contributed by atoms with Gasteiger partial charge in [-0.2, -0.15) is 0 Å². The minimum Gasteiger partial charge on any atom is -0.329 e. The fourth-order valence-corrected chi connectivity index (χ4v) is 2.99. The number of fused-ring (bicyclic) bond motifs is 2. The lowest BCUT2D eigenvalue weighted by atomic mass is 9.84. The van der Waals surface area contributed by atoms with E-state index in [0.717, 1.165) is 17.8 Å². The highest BCUT2D eigenvalue weighted by atomic mass is 14.7. The van der Waals surface area contributed by atoms with Crippen molar-refractivity contribution in [3.8, 4) is 0 Å². The lowest BCUT2D eigenvalue weighted by Crippen LogP contribution is -2.39. The minimum absolute atomic E-state index is 0.283. The third-order valence-electron chi connectivity index (χ3n) is 3.61. The molecule has 0 aromatic carbocycles. The summed E-state index contributed by atoms with van der Waals surface area (Å²) in [5.41, 5.74) is 11.5. The monoisotopic (exact) mass is 154 g/mol. The summed E-state index contributed by atoms with van der Waals surface area (Å²) in [5, 5.41) is 0. The van der Waals surface area contributed by atoms with Crippen molar-refractivity contribution in [3.63, 3.8) is 0 Å². The van der Waals surface area contributed by atoms with Crippen LogP contribution >= 0.6 is 0 Å². The highest BCUT2D eigenvalue weighted by Crippen LogP contribution is 2.48. The number of hydrogen-bond acceptors (Lipinski definition) is 2. The molecule has 0 heterocycles. The smallest absolute Gasteiger partial charge is 0.0194 e. The first-order valence-electron chi connectivity index (χ1n) is 4.77. The van der Waals surface area contributed by atoms with Crippen molar-refractivity contribution in [1.82, 2.24) is 0 Å². The van der Waals surface area contributed by atoms with Gasteiger partial charge in [0, 0.05) is 12.6 Å². The standard InChI is InChI=1S/C9H18N2/c10-5-9(11)8-4-6-1-2-7(8)3-6/h6-9H,1-5,10-11H2. The summed E-state index contributed by atoms with van der Waals surface area (Å²) in [6, 6.07) is 0.283. The molecule has 0 spiro atoms. The van der Waals surface area contributed by atoms with Gasteiger partial charge < -0.3 is 11.5 Å². The SMILES string of the molecule is NCC(N)C1CC2CCC1C2. The van der Waals surface area contributed by atoms with Crippen molar-refractivity contribution in [2.45, 2.75) is 31.7 Å². The zero-order valence-corrected chi connectivity index (χ0v) is 7.00. The molecule has 2 aliphatic carbocycles. The molecule has 2 rings (SSSR count). The van der Waals surface area contributed by atoms with E-state index in [0.29, 0.717) is 6.54 Å². The van der Waals surface area contributed by atoms with Gasteiger partial charge in [0.25, 0.3) is 0 Å². The number of hydrogen-bond donors (Lipinski definition) is 2. The molecule has 2 fully saturated rings. The summed E-state index contributed by atoms with van der Waals surface area (Å²) in [4.78, 5) is 0. The molecule has 0 aliphatic heterocycles. The topological polar surface area (TPSA) is 52.0 Å². The predicted octanol–water partition coefficient (Wildman–Crippen LogP) is 0.709. The van der Waals surface area contributed by atoms with Crippen LogP contribution in [0.2, 0.25) is 0 Å². The molecule has 11 heavy (non-hydrogen) atoms. The average Bonchev–Trinajstić information content (AvgIpc) is 2.62. The fraction of sp³-hybridized carbons (Fsp3) is 1.00. The third kappa shape index (κ3) is 1.18. The van der Waals surface area contributed by atoms with Crippen LogP contribution in [0.5, 0.6) is 0 Å². The van der Waals surface area contributed by atoms with Crippen LogP contribution in [0.1, 0.15) is 25.7 Å². The summed E-state index contributed by atoms with van der Waals surface area (Å²) in [7, 11) is 0. The molecule has 2 bridgehead atoms. The van der Waals surface area contributed by atoms with E-state index in [1.165, 1.54) is 25.7 Å². The van der Waals surface area contributed by atoms with Crippen molar-refractivity contribution in [2.24, 2.45) is 29.2 Å². The molecule has 4 N–H and O–H groups in total. The van der Waals surface area contributed by atoms with E-state index in [4.69, 9.17) is 11.5 Å². The summed E-state index contributed by atoms with van der Waals surface area (Å²) in [6.07, 6.45) is 5.68. The minimum atomic E-state index is 0.283.